The number of imidazole rings is 1. The highest BCUT2D eigenvalue weighted by Crippen LogP contribution is 2.29. The number of furan rings is 1. The van der Waals surface area contributed by atoms with Gasteiger partial charge in [0.25, 0.3) is 0 Å². The Kier molecular flexibility index (Phi) is 12.0. The number of carboxylic acids is 2. The lowest BCUT2D eigenvalue weighted by Crippen LogP contribution is -2.36. The summed E-state index contributed by atoms with van der Waals surface area (Å²) in [5.74, 6) is -2.54. The van der Waals surface area contributed by atoms with E-state index in [1.165, 1.54) is 11.4 Å². The van der Waals surface area contributed by atoms with E-state index < -0.39 is 24.3 Å². The minimum Gasteiger partial charge on any atom is -0.475 e. The van der Waals surface area contributed by atoms with Crippen LogP contribution in [0.25, 0.3) is 0 Å². The van der Waals surface area contributed by atoms with Crippen molar-refractivity contribution >= 4 is 11.9 Å². The number of aromatic nitrogens is 2. The number of carboxylic acid groups (broad SMARTS) is 2. The Hall–Kier alpha value is -3.11. The Bertz CT molecular complexity index is 1070. The second-order valence-corrected chi connectivity index (χ2v) is 9.27. The molecule has 2 aromatic heterocycles. The number of carbonyl (C=O) groups is 2. The van der Waals surface area contributed by atoms with Crippen LogP contribution >= 0.6 is 0 Å². The van der Waals surface area contributed by atoms with Crippen LogP contribution in [0.4, 0.5) is 26.3 Å². The van der Waals surface area contributed by atoms with Gasteiger partial charge in [-0.25, -0.2) is 14.6 Å². The number of aryl methyl sites for hydroxylation is 2. The van der Waals surface area contributed by atoms with E-state index in [0.717, 1.165) is 70.4 Å². The molecule has 2 N–H and O–H groups in total. The zero-order chi connectivity index (χ0) is 30.1. The predicted octanol–water partition coefficient (Wildman–Crippen LogP) is 4.13. The Balaban J connectivity index is 0.000000333. The third-order valence-corrected chi connectivity index (χ3v) is 5.98. The van der Waals surface area contributed by atoms with Crippen molar-refractivity contribution in [2.24, 2.45) is 13.0 Å². The molecule has 2 aliphatic heterocycles. The number of aliphatic carboxylic acids is 2. The maximum absolute atomic E-state index is 10.6. The number of rotatable bonds is 6. The molecule has 0 saturated carbocycles. The number of alkyl halides is 6. The van der Waals surface area contributed by atoms with Crippen molar-refractivity contribution in [3.63, 3.8) is 0 Å². The molecule has 0 aliphatic carbocycles. The monoisotopic (exact) mass is 587 g/mol. The standard InChI is InChI=1S/C20H29N3O3.2C2HF3O2/c1-15-3-4-18(26-15)10-23-9-17(20-19(11-23)21-14-22(20)2)13-25-12-16-5-7-24-8-6-16;2*3-2(4,5)1(6)7/h3-4,14,16-17H,5-13H2,1-2H3;2*(H,6,7). The second-order valence-electron chi connectivity index (χ2n) is 9.27. The van der Waals surface area contributed by atoms with Crippen LogP contribution < -0.4 is 0 Å². The molecule has 16 heteroatoms. The summed E-state index contributed by atoms with van der Waals surface area (Å²) in [6.45, 7) is 7.98. The zero-order valence-corrected chi connectivity index (χ0v) is 21.8. The minimum absolute atomic E-state index is 0.349. The predicted molar refractivity (Wildman–Crippen MR) is 125 cm³/mol. The Morgan fingerprint density at radius 1 is 1.05 bits per heavy atom. The van der Waals surface area contributed by atoms with Crippen molar-refractivity contribution in [3.8, 4) is 0 Å². The van der Waals surface area contributed by atoms with Gasteiger partial charge in [-0.1, -0.05) is 0 Å². The lowest BCUT2D eigenvalue weighted by Gasteiger charge is -2.32. The summed E-state index contributed by atoms with van der Waals surface area (Å²) in [7, 11) is 2.09. The van der Waals surface area contributed by atoms with Gasteiger partial charge in [0.15, 0.2) is 0 Å². The number of halogens is 6. The van der Waals surface area contributed by atoms with Gasteiger partial charge in [0.1, 0.15) is 11.5 Å². The third-order valence-electron chi connectivity index (χ3n) is 5.98. The Morgan fingerprint density at radius 2 is 1.62 bits per heavy atom. The van der Waals surface area contributed by atoms with Crippen LogP contribution in [-0.4, -0.2) is 81.9 Å². The number of fused-ring (bicyclic) bond motifs is 1. The van der Waals surface area contributed by atoms with Gasteiger partial charge in [-0.3, -0.25) is 4.90 Å². The van der Waals surface area contributed by atoms with E-state index in [1.807, 2.05) is 19.3 Å². The van der Waals surface area contributed by atoms with Crippen LogP contribution in [0, 0.1) is 12.8 Å². The topological polar surface area (TPSA) is 127 Å². The highest BCUT2D eigenvalue weighted by Gasteiger charge is 2.39. The average Bonchev–Trinajstić information content (AvgIpc) is 3.44. The smallest absolute Gasteiger partial charge is 0.475 e. The maximum atomic E-state index is 10.6. The molecule has 10 nitrogen and oxygen atoms in total. The van der Waals surface area contributed by atoms with Gasteiger partial charge in [0.05, 0.1) is 25.2 Å². The molecule has 1 unspecified atom stereocenters. The van der Waals surface area contributed by atoms with E-state index in [2.05, 4.69) is 27.6 Å². The molecule has 2 aromatic rings. The minimum atomic E-state index is -5.08. The summed E-state index contributed by atoms with van der Waals surface area (Å²) >= 11 is 0. The normalized spacial score (nSPS) is 18.1. The summed E-state index contributed by atoms with van der Waals surface area (Å²) in [6, 6.07) is 4.10. The van der Waals surface area contributed by atoms with Gasteiger partial charge in [0.2, 0.25) is 0 Å². The number of hydrogen-bond donors (Lipinski definition) is 2. The molecule has 0 aromatic carbocycles. The quantitative estimate of drug-likeness (QED) is 0.480. The van der Waals surface area contributed by atoms with Crippen LogP contribution in [0.2, 0.25) is 0 Å². The molecular formula is C24H31F6N3O7. The number of hydrogen-bond acceptors (Lipinski definition) is 7. The number of nitrogens with zero attached hydrogens (tertiary/aromatic N) is 3. The van der Waals surface area contributed by atoms with E-state index in [1.54, 1.807) is 0 Å². The summed E-state index contributed by atoms with van der Waals surface area (Å²) in [5.41, 5.74) is 2.49. The molecule has 0 bridgehead atoms. The van der Waals surface area contributed by atoms with Crippen LogP contribution in [0.1, 0.15) is 41.7 Å². The molecule has 1 fully saturated rings. The number of ether oxygens (including phenoxy) is 2. The van der Waals surface area contributed by atoms with Crippen LogP contribution in [-0.2, 0) is 39.2 Å². The van der Waals surface area contributed by atoms with Crippen molar-refractivity contribution in [1.29, 1.82) is 0 Å². The second kappa shape index (κ2) is 14.5. The molecular weight excluding hydrogens is 556 g/mol. The van der Waals surface area contributed by atoms with Gasteiger partial charge in [-0.2, -0.15) is 26.3 Å². The lowest BCUT2D eigenvalue weighted by atomic mass is 9.98. The largest absolute Gasteiger partial charge is 0.490 e. The van der Waals surface area contributed by atoms with Gasteiger partial charge < -0.3 is 28.7 Å². The molecule has 40 heavy (non-hydrogen) atoms. The Labute approximate surface area is 225 Å². The SMILES string of the molecule is Cc1ccc(CN2Cc3ncn(C)c3C(COCC3CCOCC3)C2)o1.O=C(O)C(F)(F)F.O=C(O)C(F)(F)F. The van der Waals surface area contributed by atoms with E-state index >= 15 is 0 Å². The van der Waals surface area contributed by atoms with Gasteiger partial charge >= 0.3 is 24.3 Å². The van der Waals surface area contributed by atoms with Gasteiger partial charge in [0, 0.05) is 51.6 Å². The molecule has 4 rings (SSSR count). The molecule has 1 saturated heterocycles. The fourth-order valence-electron chi connectivity index (χ4n) is 4.14. The van der Waals surface area contributed by atoms with Crippen LogP contribution in [0.15, 0.2) is 22.9 Å². The summed E-state index contributed by atoms with van der Waals surface area (Å²) in [4.78, 5) is 24.8. The van der Waals surface area contributed by atoms with Crippen molar-refractivity contribution < 1.29 is 60.0 Å². The first kappa shape index (κ1) is 33.1. The molecule has 2 aliphatic rings. The summed E-state index contributed by atoms with van der Waals surface area (Å²) in [6.07, 6.45) is -6.01. The maximum Gasteiger partial charge on any atom is 0.490 e. The highest BCUT2D eigenvalue weighted by molar-refractivity contribution is 5.73. The van der Waals surface area contributed by atoms with Crippen molar-refractivity contribution in [1.82, 2.24) is 14.5 Å². The molecule has 226 valence electrons. The fraction of sp³-hybridized carbons (Fsp3) is 0.625. The first-order chi connectivity index (χ1) is 18.6. The van der Waals surface area contributed by atoms with E-state index in [0.29, 0.717) is 11.8 Å². The molecule has 0 spiro atoms. The first-order valence-corrected chi connectivity index (χ1v) is 12.1. The fourth-order valence-corrected chi connectivity index (χ4v) is 4.14. The summed E-state index contributed by atoms with van der Waals surface area (Å²) < 4.78 is 83.0. The van der Waals surface area contributed by atoms with Crippen LogP contribution in [0.3, 0.4) is 0 Å². The average molecular weight is 588 g/mol. The van der Waals surface area contributed by atoms with Crippen molar-refractivity contribution in [2.45, 2.75) is 51.1 Å². The zero-order valence-electron chi connectivity index (χ0n) is 21.8. The van der Waals surface area contributed by atoms with E-state index in [9.17, 15) is 26.3 Å². The van der Waals surface area contributed by atoms with Gasteiger partial charge in [-0.05, 0) is 37.8 Å². The van der Waals surface area contributed by atoms with Gasteiger partial charge in [-0.15, -0.1) is 0 Å². The van der Waals surface area contributed by atoms with Crippen LogP contribution in [0.5, 0.6) is 0 Å². The lowest BCUT2D eigenvalue weighted by molar-refractivity contribution is -0.193. The van der Waals surface area contributed by atoms with Crippen molar-refractivity contribution in [3.05, 3.63) is 41.4 Å². The summed E-state index contributed by atoms with van der Waals surface area (Å²) in [5, 5.41) is 14.2. The van der Waals surface area contributed by atoms with Crippen molar-refractivity contribution in [2.75, 3.05) is 33.0 Å². The molecule has 4 heterocycles. The van der Waals surface area contributed by atoms with E-state index in [-0.39, 0.29) is 0 Å². The molecule has 1 atom stereocenters. The van der Waals surface area contributed by atoms with E-state index in [4.69, 9.17) is 33.7 Å². The Morgan fingerprint density at radius 3 is 2.12 bits per heavy atom. The molecule has 0 radical (unpaired) electrons. The third kappa shape index (κ3) is 10.8. The highest BCUT2D eigenvalue weighted by atomic mass is 19.4. The molecule has 0 amide bonds. The first-order valence-electron chi connectivity index (χ1n) is 12.1.